The summed E-state index contributed by atoms with van der Waals surface area (Å²) in [6.45, 7) is 5.29. The normalized spacial score (nSPS) is 17.6. The number of sulfone groups is 1. The zero-order chi connectivity index (χ0) is 16.5. The van der Waals surface area contributed by atoms with Gasteiger partial charge in [0.15, 0.2) is 9.84 Å². The van der Waals surface area contributed by atoms with Crippen LogP contribution in [0.15, 0.2) is 23.1 Å². The van der Waals surface area contributed by atoms with Gasteiger partial charge in [-0.05, 0) is 43.6 Å². The van der Waals surface area contributed by atoms with Gasteiger partial charge in [-0.1, -0.05) is 13.0 Å². The second-order valence-corrected chi connectivity index (χ2v) is 7.88. The summed E-state index contributed by atoms with van der Waals surface area (Å²) in [4.78, 5) is 11.8. The van der Waals surface area contributed by atoms with Crippen LogP contribution in [0, 0.1) is 17.7 Å². The molecule has 0 aliphatic carbocycles. The van der Waals surface area contributed by atoms with Crippen molar-refractivity contribution in [2.24, 2.45) is 11.8 Å². The number of nitrogens with one attached hydrogen (secondary N) is 2. The molecule has 1 amide bonds. The molecule has 1 aromatic carbocycles. The topological polar surface area (TPSA) is 75.3 Å². The largest absolute Gasteiger partial charge is 0.349 e. The van der Waals surface area contributed by atoms with E-state index >= 15 is 0 Å². The number of carbonyl (C=O) groups excluding carboxylic acids is 1. The van der Waals surface area contributed by atoms with Crippen LogP contribution in [0.5, 0.6) is 0 Å². The van der Waals surface area contributed by atoms with Crippen molar-refractivity contribution in [1.29, 1.82) is 0 Å². The number of halogens is 2. The van der Waals surface area contributed by atoms with Gasteiger partial charge in [0.05, 0.1) is 6.04 Å². The number of rotatable bonds is 5. The molecule has 2 N–H and O–H groups in total. The van der Waals surface area contributed by atoms with Crippen LogP contribution in [0.1, 0.15) is 25.5 Å². The highest BCUT2D eigenvalue weighted by atomic mass is 35.5. The summed E-state index contributed by atoms with van der Waals surface area (Å²) in [5.41, 5.74) is 0.539. The molecule has 1 aliphatic heterocycles. The zero-order valence-electron chi connectivity index (χ0n) is 13.3. The Kier molecular flexibility index (Phi) is 6.56. The first-order valence-corrected chi connectivity index (χ1v) is 9.10. The summed E-state index contributed by atoms with van der Waals surface area (Å²) in [6, 6.07) is 3.55. The molecule has 2 unspecified atom stereocenters. The van der Waals surface area contributed by atoms with E-state index in [2.05, 4.69) is 10.6 Å². The molecular weight excluding hydrogens is 343 g/mol. The van der Waals surface area contributed by atoms with E-state index in [1.54, 1.807) is 6.92 Å². The molecule has 2 atom stereocenters. The minimum absolute atomic E-state index is 0. The number of hydrogen-bond donors (Lipinski definition) is 2. The lowest BCUT2D eigenvalue weighted by molar-refractivity contribution is -0.127. The first kappa shape index (κ1) is 19.9. The van der Waals surface area contributed by atoms with Gasteiger partial charge in [0.25, 0.3) is 0 Å². The molecule has 5 nitrogen and oxygen atoms in total. The Bertz CT molecular complexity index is 677. The number of benzene rings is 1. The highest BCUT2D eigenvalue weighted by Gasteiger charge is 2.29. The monoisotopic (exact) mass is 364 g/mol. The van der Waals surface area contributed by atoms with Gasteiger partial charge in [-0.25, -0.2) is 12.8 Å². The molecule has 23 heavy (non-hydrogen) atoms. The second kappa shape index (κ2) is 7.59. The first-order chi connectivity index (χ1) is 10.2. The van der Waals surface area contributed by atoms with Crippen LogP contribution in [-0.2, 0) is 14.6 Å². The van der Waals surface area contributed by atoms with E-state index in [4.69, 9.17) is 0 Å². The maximum atomic E-state index is 13.9. The molecule has 1 heterocycles. The molecule has 1 aromatic rings. The lowest BCUT2D eigenvalue weighted by atomic mass is 9.88. The molecule has 0 saturated carbocycles. The van der Waals surface area contributed by atoms with E-state index < -0.39 is 15.7 Å². The number of carbonyl (C=O) groups is 1. The van der Waals surface area contributed by atoms with Gasteiger partial charge in [0.2, 0.25) is 5.91 Å². The maximum Gasteiger partial charge on any atom is 0.223 e. The Morgan fingerprint density at radius 1 is 1.35 bits per heavy atom. The summed E-state index contributed by atoms with van der Waals surface area (Å²) in [5.74, 6) is -0.649. The number of amides is 1. The molecule has 0 spiro atoms. The Morgan fingerprint density at radius 2 is 1.96 bits per heavy atom. The maximum absolute atomic E-state index is 13.9. The second-order valence-electron chi connectivity index (χ2n) is 5.90. The van der Waals surface area contributed by atoms with Crippen LogP contribution >= 0.6 is 12.4 Å². The Hall–Kier alpha value is -1.18. The van der Waals surface area contributed by atoms with Crippen molar-refractivity contribution in [2.75, 3.05) is 19.3 Å². The van der Waals surface area contributed by atoms with Gasteiger partial charge in [-0.15, -0.1) is 12.4 Å². The van der Waals surface area contributed by atoms with Crippen LogP contribution in [0.2, 0.25) is 0 Å². The predicted octanol–water partition coefficient (Wildman–Crippen LogP) is 1.68. The van der Waals surface area contributed by atoms with Gasteiger partial charge in [-0.2, -0.15) is 0 Å². The van der Waals surface area contributed by atoms with Gasteiger partial charge in [0, 0.05) is 12.2 Å². The third-order valence-electron chi connectivity index (χ3n) is 4.15. The molecule has 0 bridgehead atoms. The van der Waals surface area contributed by atoms with Crippen LogP contribution in [0.25, 0.3) is 0 Å². The van der Waals surface area contributed by atoms with Crippen LogP contribution in [0.3, 0.4) is 0 Å². The fourth-order valence-corrected chi connectivity index (χ4v) is 3.12. The zero-order valence-corrected chi connectivity index (χ0v) is 14.9. The highest BCUT2D eigenvalue weighted by Crippen LogP contribution is 2.22. The van der Waals surface area contributed by atoms with Crippen molar-refractivity contribution < 1.29 is 17.6 Å². The molecule has 1 fully saturated rings. The van der Waals surface area contributed by atoms with Gasteiger partial charge in [-0.3, -0.25) is 4.79 Å². The number of hydrogen-bond acceptors (Lipinski definition) is 4. The fraction of sp³-hybridized carbons (Fsp3) is 0.533. The lowest BCUT2D eigenvalue weighted by Crippen LogP contribution is -2.49. The van der Waals surface area contributed by atoms with Crippen molar-refractivity contribution in [2.45, 2.75) is 24.8 Å². The van der Waals surface area contributed by atoms with Gasteiger partial charge in [0.1, 0.15) is 10.7 Å². The Morgan fingerprint density at radius 3 is 2.39 bits per heavy atom. The molecule has 1 aliphatic rings. The summed E-state index contributed by atoms with van der Waals surface area (Å²) < 4.78 is 36.7. The molecule has 2 rings (SSSR count). The summed E-state index contributed by atoms with van der Waals surface area (Å²) in [7, 11) is -3.59. The fourth-order valence-electron chi connectivity index (χ4n) is 2.39. The molecule has 130 valence electrons. The van der Waals surface area contributed by atoms with Crippen LogP contribution in [0.4, 0.5) is 4.39 Å². The average Bonchev–Trinajstić information content (AvgIpc) is 2.34. The molecule has 8 heteroatoms. The Balaban J connectivity index is 0.00000264. The predicted molar refractivity (Wildman–Crippen MR) is 88.8 cm³/mol. The summed E-state index contributed by atoms with van der Waals surface area (Å²) >= 11 is 0. The van der Waals surface area contributed by atoms with Crippen molar-refractivity contribution in [3.05, 3.63) is 29.6 Å². The van der Waals surface area contributed by atoms with E-state index in [1.807, 2.05) is 6.92 Å². The van der Waals surface area contributed by atoms with Crippen molar-refractivity contribution in [3.8, 4) is 0 Å². The Labute approximate surface area is 142 Å². The molecule has 0 aromatic heterocycles. The van der Waals surface area contributed by atoms with E-state index in [0.717, 1.165) is 25.4 Å². The lowest BCUT2D eigenvalue weighted by Gasteiger charge is -2.32. The average molecular weight is 365 g/mol. The summed E-state index contributed by atoms with van der Waals surface area (Å²) in [5, 5.41) is 5.97. The first-order valence-electron chi connectivity index (χ1n) is 7.20. The molecule has 0 radical (unpaired) electrons. The van der Waals surface area contributed by atoms with Gasteiger partial charge < -0.3 is 10.6 Å². The SMILES string of the molecule is CC(NC(=O)C(C)C1CNC1)c1ccc(S(C)(=O)=O)c(F)c1.Cl. The summed E-state index contributed by atoms with van der Waals surface area (Å²) in [6.07, 6.45) is 0.963. The molecule has 1 saturated heterocycles. The van der Waals surface area contributed by atoms with Crippen molar-refractivity contribution in [1.82, 2.24) is 10.6 Å². The minimum atomic E-state index is -3.59. The van der Waals surface area contributed by atoms with Crippen LogP contribution < -0.4 is 10.6 Å². The third kappa shape index (κ3) is 4.65. The minimum Gasteiger partial charge on any atom is -0.349 e. The van der Waals surface area contributed by atoms with E-state index in [-0.39, 0.29) is 35.2 Å². The van der Waals surface area contributed by atoms with Crippen LogP contribution in [-0.4, -0.2) is 33.7 Å². The van der Waals surface area contributed by atoms with E-state index in [9.17, 15) is 17.6 Å². The van der Waals surface area contributed by atoms with Crippen molar-refractivity contribution in [3.63, 3.8) is 0 Å². The quantitative estimate of drug-likeness (QED) is 0.833. The van der Waals surface area contributed by atoms with Gasteiger partial charge >= 0.3 is 0 Å². The third-order valence-corrected chi connectivity index (χ3v) is 5.28. The van der Waals surface area contributed by atoms with Crippen molar-refractivity contribution >= 4 is 28.2 Å². The standard InChI is InChI=1S/C15H21FN2O3S.ClH/c1-9(12-7-17-8-12)15(19)18-10(2)11-4-5-14(13(16)6-11)22(3,20)21;/h4-6,9-10,12,17H,7-8H2,1-3H3,(H,18,19);1H. The smallest absolute Gasteiger partial charge is 0.223 e. The van der Waals surface area contributed by atoms with E-state index in [0.29, 0.717) is 11.5 Å². The molecular formula is C15H22ClFN2O3S. The highest BCUT2D eigenvalue weighted by molar-refractivity contribution is 7.90. The van der Waals surface area contributed by atoms with E-state index in [1.165, 1.54) is 12.1 Å².